The van der Waals surface area contributed by atoms with Gasteiger partial charge in [0.1, 0.15) is 0 Å². The highest BCUT2D eigenvalue weighted by molar-refractivity contribution is 5.71. The minimum Gasteiger partial charge on any atom is -0.481 e. The summed E-state index contributed by atoms with van der Waals surface area (Å²) in [5, 5.41) is 8.46. The minimum absolute atomic E-state index is 0.199. The van der Waals surface area contributed by atoms with Crippen LogP contribution in [0.1, 0.15) is 19.8 Å². The molecular weight excluding hydrogens is 209 g/mol. The minimum atomic E-state index is -4.30. The molecule has 0 aromatic rings. The standard InChI is InChI=1S/C10H11F3O2/c1-9(10(11,12)13)4-2-7(3-5-9)6-8(14)15/h2-4H,5-6H2,1H3,(H,14,15). The van der Waals surface area contributed by atoms with Gasteiger partial charge in [0.15, 0.2) is 0 Å². The molecule has 2 nitrogen and oxygen atoms in total. The Labute approximate surface area is 85.1 Å². The predicted molar refractivity (Wildman–Crippen MR) is 48.3 cm³/mol. The van der Waals surface area contributed by atoms with Crippen LogP contribution in [0.2, 0.25) is 0 Å². The summed E-state index contributed by atoms with van der Waals surface area (Å²) in [4.78, 5) is 10.3. The highest BCUT2D eigenvalue weighted by atomic mass is 19.4. The van der Waals surface area contributed by atoms with Crippen LogP contribution >= 0.6 is 0 Å². The number of carboxylic acid groups (broad SMARTS) is 1. The van der Waals surface area contributed by atoms with Crippen molar-refractivity contribution in [2.24, 2.45) is 5.41 Å². The molecule has 0 spiro atoms. The van der Waals surface area contributed by atoms with Gasteiger partial charge in [-0.05, 0) is 18.9 Å². The van der Waals surface area contributed by atoms with Gasteiger partial charge in [0.25, 0.3) is 0 Å². The first-order valence-corrected chi connectivity index (χ1v) is 4.41. The summed E-state index contributed by atoms with van der Waals surface area (Å²) in [5.41, 5.74) is -1.45. The van der Waals surface area contributed by atoms with E-state index in [1.54, 1.807) is 0 Å². The average molecular weight is 220 g/mol. The summed E-state index contributed by atoms with van der Waals surface area (Å²) in [6.07, 6.45) is -1.12. The number of aliphatic carboxylic acids is 1. The second-order valence-electron chi connectivity index (χ2n) is 3.80. The maximum Gasteiger partial charge on any atom is 0.397 e. The van der Waals surface area contributed by atoms with Crippen molar-refractivity contribution < 1.29 is 23.1 Å². The van der Waals surface area contributed by atoms with E-state index < -0.39 is 17.6 Å². The van der Waals surface area contributed by atoms with E-state index in [0.29, 0.717) is 5.57 Å². The zero-order valence-corrected chi connectivity index (χ0v) is 8.14. The number of carbonyl (C=O) groups is 1. The Bertz CT molecular complexity index is 328. The molecule has 5 heteroatoms. The molecule has 0 heterocycles. The second kappa shape index (κ2) is 3.72. The lowest BCUT2D eigenvalue weighted by atomic mass is 9.81. The number of alkyl halides is 3. The van der Waals surface area contributed by atoms with Gasteiger partial charge >= 0.3 is 12.1 Å². The van der Waals surface area contributed by atoms with Crippen LogP contribution in [-0.2, 0) is 4.79 Å². The van der Waals surface area contributed by atoms with Crippen molar-refractivity contribution in [1.29, 1.82) is 0 Å². The van der Waals surface area contributed by atoms with Crippen molar-refractivity contribution in [2.45, 2.75) is 25.9 Å². The van der Waals surface area contributed by atoms with Gasteiger partial charge in [0, 0.05) is 0 Å². The molecule has 15 heavy (non-hydrogen) atoms. The Morgan fingerprint density at radius 3 is 2.53 bits per heavy atom. The van der Waals surface area contributed by atoms with Gasteiger partial charge in [-0.3, -0.25) is 4.79 Å². The van der Waals surface area contributed by atoms with E-state index in [2.05, 4.69) is 0 Å². The fraction of sp³-hybridized carbons (Fsp3) is 0.500. The van der Waals surface area contributed by atoms with Gasteiger partial charge in [0.05, 0.1) is 11.8 Å². The van der Waals surface area contributed by atoms with Crippen molar-refractivity contribution in [3.8, 4) is 0 Å². The number of hydrogen-bond donors (Lipinski definition) is 1. The predicted octanol–water partition coefficient (Wildman–Crippen LogP) is 2.92. The summed E-state index contributed by atoms with van der Waals surface area (Å²) >= 11 is 0. The lowest BCUT2D eigenvalue weighted by molar-refractivity contribution is -0.199. The molecule has 1 aliphatic rings. The van der Waals surface area contributed by atoms with Crippen molar-refractivity contribution in [3.05, 3.63) is 23.8 Å². The molecule has 0 amide bonds. The topological polar surface area (TPSA) is 37.3 Å². The van der Waals surface area contributed by atoms with Gasteiger partial charge in [-0.15, -0.1) is 0 Å². The summed E-state index contributed by atoms with van der Waals surface area (Å²) in [6.45, 7) is 1.09. The fourth-order valence-electron chi connectivity index (χ4n) is 1.29. The molecular formula is C10H11F3O2. The molecule has 1 aliphatic carbocycles. The van der Waals surface area contributed by atoms with Gasteiger partial charge in [-0.1, -0.05) is 18.2 Å². The second-order valence-corrected chi connectivity index (χ2v) is 3.80. The maximum absolute atomic E-state index is 12.5. The van der Waals surface area contributed by atoms with Crippen LogP contribution in [-0.4, -0.2) is 17.3 Å². The summed E-state index contributed by atoms with van der Waals surface area (Å²) in [5.74, 6) is -1.04. The third kappa shape index (κ3) is 2.61. The number of hydrogen-bond acceptors (Lipinski definition) is 1. The van der Waals surface area contributed by atoms with Crippen molar-refractivity contribution in [3.63, 3.8) is 0 Å². The third-order valence-electron chi connectivity index (χ3n) is 2.46. The molecule has 0 saturated heterocycles. The molecule has 1 unspecified atom stereocenters. The van der Waals surface area contributed by atoms with E-state index in [9.17, 15) is 18.0 Å². The lowest BCUT2D eigenvalue weighted by Crippen LogP contribution is -2.33. The highest BCUT2D eigenvalue weighted by Gasteiger charge is 2.49. The van der Waals surface area contributed by atoms with Crippen LogP contribution < -0.4 is 0 Å². The first-order chi connectivity index (χ1) is 6.74. The molecule has 84 valence electrons. The van der Waals surface area contributed by atoms with Crippen molar-refractivity contribution in [2.75, 3.05) is 0 Å². The van der Waals surface area contributed by atoms with Crippen LogP contribution in [0.5, 0.6) is 0 Å². The number of halogens is 3. The Balaban J connectivity index is 2.75. The molecule has 0 bridgehead atoms. The Kier molecular flexibility index (Phi) is 2.93. The van der Waals surface area contributed by atoms with E-state index in [1.165, 1.54) is 12.2 Å². The van der Waals surface area contributed by atoms with E-state index in [0.717, 1.165) is 13.0 Å². The molecule has 1 rings (SSSR count). The van der Waals surface area contributed by atoms with Gasteiger partial charge in [-0.25, -0.2) is 0 Å². The Morgan fingerprint density at radius 2 is 2.20 bits per heavy atom. The van der Waals surface area contributed by atoms with E-state index in [-0.39, 0.29) is 12.8 Å². The summed E-state index contributed by atoms with van der Waals surface area (Å²) in [6, 6.07) is 0. The smallest absolute Gasteiger partial charge is 0.397 e. The number of allylic oxidation sites excluding steroid dienone is 3. The quantitative estimate of drug-likeness (QED) is 0.776. The average Bonchev–Trinajstić information content (AvgIpc) is 2.06. The Hall–Kier alpha value is -1.26. The Morgan fingerprint density at radius 1 is 1.60 bits per heavy atom. The third-order valence-corrected chi connectivity index (χ3v) is 2.46. The van der Waals surface area contributed by atoms with Gasteiger partial charge in [0.2, 0.25) is 0 Å². The molecule has 0 saturated carbocycles. The van der Waals surface area contributed by atoms with Crippen LogP contribution in [0.4, 0.5) is 13.2 Å². The van der Waals surface area contributed by atoms with E-state index >= 15 is 0 Å². The first kappa shape index (κ1) is 11.8. The lowest BCUT2D eigenvalue weighted by Gasteiger charge is -2.30. The first-order valence-electron chi connectivity index (χ1n) is 4.41. The van der Waals surface area contributed by atoms with E-state index in [4.69, 9.17) is 5.11 Å². The number of rotatable bonds is 2. The van der Waals surface area contributed by atoms with Gasteiger partial charge in [-0.2, -0.15) is 13.2 Å². The zero-order valence-electron chi connectivity index (χ0n) is 8.14. The molecule has 0 aliphatic heterocycles. The molecule has 0 radical (unpaired) electrons. The molecule has 0 fully saturated rings. The molecule has 0 aromatic heterocycles. The zero-order chi connectivity index (χ0) is 11.7. The summed E-state index contributed by atoms with van der Waals surface area (Å²) < 4.78 is 37.6. The largest absolute Gasteiger partial charge is 0.481 e. The summed E-state index contributed by atoms with van der Waals surface area (Å²) in [7, 11) is 0. The van der Waals surface area contributed by atoms with Crippen LogP contribution in [0.15, 0.2) is 23.8 Å². The molecule has 1 atom stereocenters. The SMILES string of the molecule is CC1(C(F)(F)F)C=CC(CC(=O)O)=CC1. The number of carboxylic acids is 1. The normalized spacial score (nSPS) is 26.3. The maximum atomic E-state index is 12.5. The van der Waals surface area contributed by atoms with E-state index in [1.807, 2.05) is 0 Å². The van der Waals surface area contributed by atoms with Crippen LogP contribution in [0.3, 0.4) is 0 Å². The van der Waals surface area contributed by atoms with Gasteiger partial charge < -0.3 is 5.11 Å². The highest BCUT2D eigenvalue weighted by Crippen LogP contribution is 2.44. The van der Waals surface area contributed by atoms with Crippen molar-refractivity contribution in [1.82, 2.24) is 0 Å². The molecule has 0 aromatic carbocycles. The van der Waals surface area contributed by atoms with Crippen LogP contribution in [0, 0.1) is 5.41 Å². The molecule has 1 N–H and O–H groups in total. The fourth-order valence-corrected chi connectivity index (χ4v) is 1.29. The van der Waals surface area contributed by atoms with Crippen molar-refractivity contribution >= 4 is 5.97 Å². The van der Waals surface area contributed by atoms with Crippen LogP contribution in [0.25, 0.3) is 0 Å². The monoisotopic (exact) mass is 220 g/mol.